The lowest BCUT2D eigenvalue weighted by atomic mass is 9.96. The van der Waals surface area contributed by atoms with Crippen molar-refractivity contribution in [2.45, 2.75) is 19.4 Å². The number of hydrogen-bond donors (Lipinski definition) is 1. The van der Waals surface area contributed by atoms with Crippen LogP contribution in [0.2, 0.25) is 0 Å². The summed E-state index contributed by atoms with van der Waals surface area (Å²) in [5.74, 6) is 0.614. The van der Waals surface area contributed by atoms with E-state index in [4.69, 9.17) is 4.74 Å². The third-order valence-corrected chi connectivity index (χ3v) is 3.56. The minimum atomic E-state index is -0.730. The van der Waals surface area contributed by atoms with Gasteiger partial charge in [-0.1, -0.05) is 12.1 Å². The standard InChI is InChI=1S/C16H15FO2/c1-10-8-13(17)3-4-14(10)16(18)12-2-5-15-11(9-12)6-7-19-15/h2-5,8-9,16,18H,6-7H2,1H3. The Morgan fingerprint density at radius 1 is 1.21 bits per heavy atom. The minimum absolute atomic E-state index is 0.282. The highest BCUT2D eigenvalue weighted by atomic mass is 19.1. The molecule has 1 aliphatic heterocycles. The number of fused-ring (bicyclic) bond motifs is 1. The highest BCUT2D eigenvalue weighted by Gasteiger charge is 2.17. The number of aliphatic hydroxyl groups is 1. The molecule has 0 aliphatic carbocycles. The van der Waals surface area contributed by atoms with Crippen molar-refractivity contribution in [2.24, 2.45) is 0 Å². The number of aryl methyl sites for hydroxylation is 1. The average Bonchev–Trinajstić information content (AvgIpc) is 2.85. The molecule has 0 fully saturated rings. The van der Waals surface area contributed by atoms with E-state index in [0.717, 1.165) is 34.4 Å². The van der Waals surface area contributed by atoms with Gasteiger partial charge in [-0.05, 0) is 53.4 Å². The van der Waals surface area contributed by atoms with Crippen LogP contribution in [0.1, 0.15) is 28.4 Å². The zero-order chi connectivity index (χ0) is 13.4. The predicted molar refractivity (Wildman–Crippen MR) is 70.8 cm³/mol. The maximum atomic E-state index is 13.1. The van der Waals surface area contributed by atoms with E-state index in [1.54, 1.807) is 13.0 Å². The van der Waals surface area contributed by atoms with Gasteiger partial charge in [-0.15, -0.1) is 0 Å². The molecule has 2 aromatic carbocycles. The molecule has 3 heteroatoms. The summed E-state index contributed by atoms with van der Waals surface area (Å²) >= 11 is 0. The second kappa shape index (κ2) is 4.67. The van der Waals surface area contributed by atoms with Gasteiger partial charge >= 0.3 is 0 Å². The van der Waals surface area contributed by atoms with E-state index >= 15 is 0 Å². The van der Waals surface area contributed by atoms with Gasteiger partial charge in [0.15, 0.2) is 0 Å². The first kappa shape index (κ1) is 12.2. The number of ether oxygens (including phenoxy) is 1. The van der Waals surface area contributed by atoms with Crippen molar-refractivity contribution in [3.8, 4) is 5.75 Å². The largest absolute Gasteiger partial charge is 0.493 e. The zero-order valence-corrected chi connectivity index (χ0v) is 10.7. The van der Waals surface area contributed by atoms with Crippen molar-refractivity contribution >= 4 is 0 Å². The molecule has 1 atom stereocenters. The van der Waals surface area contributed by atoms with E-state index in [1.165, 1.54) is 12.1 Å². The quantitative estimate of drug-likeness (QED) is 0.896. The first-order valence-electron chi connectivity index (χ1n) is 6.35. The highest BCUT2D eigenvalue weighted by Crippen LogP contribution is 2.31. The van der Waals surface area contributed by atoms with Crippen molar-refractivity contribution in [2.75, 3.05) is 6.61 Å². The van der Waals surface area contributed by atoms with Crippen LogP contribution in [0.15, 0.2) is 36.4 Å². The Kier molecular flexibility index (Phi) is 2.99. The summed E-state index contributed by atoms with van der Waals surface area (Å²) in [6.45, 7) is 2.50. The lowest BCUT2D eigenvalue weighted by Gasteiger charge is -2.15. The van der Waals surface area contributed by atoms with Gasteiger partial charge in [-0.2, -0.15) is 0 Å². The van der Waals surface area contributed by atoms with Gasteiger partial charge in [0.25, 0.3) is 0 Å². The molecule has 1 N–H and O–H groups in total. The fourth-order valence-corrected chi connectivity index (χ4v) is 2.50. The molecule has 0 saturated carbocycles. The molecule has 98 valence electrons. The van der Waals surface area contributed by atoms with Crippen molar-refractivity contribution in [3.05, 3.63) is 64.5 Å². The van der Waals surface area contributed by atoms with E-state index in [1.807, 2.05) is 18.2 Å². The van der Waals surface area contributed by atoms with Crippen molar-refractivity contribution in [1.82, 2.24) is 0 Å². The maximum absolute atomic E-state index is 13.1. The molecule has 1 heterocycles. The van der Waals surface area contributed by atoms with E-state index < -0.39 is 6.10 Å². The SMILES string of the molecule is Cc1cc(F)ccc1C(O)c1ccc2c(c1)CCO2. The van der Waals surface area contributed by atoms with E-state index in [-0.39, 0.29) is 5.82 Å². The van der Waals surface area contributed by atoms with Gasteiger partial charge in [0.05, 0.1) is 6.61 Å². The molecule has 3 rings (SSSR count). The Hall–Kier alpha value is -1.87. The van der Waals surface area contributed by atoms with Crippen LogP contribution >= 0.6 is 0 Å². The van der Waals surface area contributed by atoms with Crippen molar-refractivity contribution in [1.29, 1.82) is 0 Å². The van der Waals surface area contributed by atoms with Gasteiger partial charge in [0.1, 0.15) is 17.7 Å². The Bertz CT molecular complexity index is 622. The van der Waals surface area contributed by atoms with Gasteiger partial charge in [-0.3, -0.25) is 0 Å². The van der Waals surface area contributed by atoms with Crippen molar-refractivity contribution in [3.63, 3.8) is 0 Å². The normalized spacial score (nSPS) is 14.9. The molecule has 0 spiro atoms. The van der Waals surface area contributed by atoms with Gasteiger partial charge in [0.2, 0.25) is 0 Å². The fourth-order valence-electron chi connectivity index (χ4n) is 2.50. The average molecular weight is 258 g/mol. The van der Waals surface area contributed by atoms with Crippen LogP contribution in [0.3, 0.4) is 0 Å². The molecule has 0 bridgehead atoms. The monoisotopic (exact) mass is 258 g/mol. The van der Waals surface area contributed by atoms with Crippen LogP contribution in [0.4, 0.5) is 4.39 Å². The molecule has 1 unspecified atom stereocenters. The van der Waals surface area contributed by atoms with E-state index in [2.05, 4.69) is 0 Å². The maximum Gasteiger partial charge on any atom is 0.123 e. The van der Waals surface area contributed by atoms with Gasteiger partial charge in [-0.25, -0.2) is 4.39 Å². The summed E-state index contributed by atoms with van der Waals surface area (Å²) in [6.07, 6.45) is 0.143. The molecule has 0 aromatic heterocycles. The lowest BCUT2D eigenvalue weighted by molar-refractivity contribution is 0.219. The van der Waals surface area contributed by atoms with Gasteiger partial charge < -0.3 is 9.84 Å². The molecule has 2 nitrogen and oxygen atoms in total. The Morgan fingerprint density at radius 3 is 2.84 bits per heavy atom. The number of aliphatic hydroxyl groups excluding tert-OH is 1. The zero-order valence-electron chi connectivity index (χ0n) is 10.7. The molecular formula is C16H15FO2. The predicted octanol–water partition coefficient (Wildman–Crippen LogP) is 3.15. The third-order valence-electron chi connectivity index (χ3n) is 3.56. The molecule has 1 aliphatic rings. The topological polar surface area (TPSA) is 29.5 Å². The molecule has 2 aromatic rings. The van der Waals surface area contributed by atoms with Crippen LogP contribution in [-0.4, -0.2) is 11.7 Å². The molecular weight excluding hydrogens is 243 g/mol. The number of halogens is 1. The second-order valence-corrected chi connectivity index (χ2v) is 4.87. The number of hydrogen-bond acceptors (Lipinski definition) is 2. The van der Waals surface area contributed by atoms with E-state index in [9.17, 15) is 9.50 Å². The summed E-state index contributed by atoms with van der Waals surface area (Å²) in [5, 5.41) is 10.4. The first-order chi connectivity index (χ1) is 9.15. The van der Waals surface area contributed by atoms with Crippen LogP contribution in [0.5, 0.6) is 5.75 Å². The summed E-state index contributed by atoms with van der Waals surface area (Å²) < 4.78 is 18.5. The fraction of sp³-hybridized carbons (Fsp3) is 0.250. The summed E-state index contributed by atoms with van der Waals surface area (Å²) in [6, 6.07) is 10.2. The van der Waals surface area contributed by atoms with Gasteiger partial charge in [0, 0.05) is 6.42 Å². The minimum Gasteiger partial charge on any atom is -0.493 e. The molecule has 0 saturated heterocycles. The molecule has 0 radical (unpaired) electrons. The summed E-state index contributed by atoms with van der Waals surface area (Å²) in [7, 11) is 0. The van der Waals surface area contributed by atoms with E-state index in [0.29, 0.717) is 6.61 Å². The highest BCUT2D eigenvalue weighted by molar-refractivity contribution is 5.43. The number of benzene rings is 2. The Labute approximate surface area is 111 Å². The Morgan fingerprint density at radius 2 is 2.05 bits per heavy atom. The van der Waals surface area contributed by atoms with Crippen LogP contribution in [0, 0.1) is 12.7 Å². The summed E-state index contributed by atoms with van der Waals surface area (Å²) in [4.78, 5) is 0. The molecule has 0 amide bonds. The van der Waals surface area contributed by atoms with Crippen LogP contribution in [-0.2, 0) is 6.42 Å². The number of rotatable bonds is 2. The summed E-state index contributed by atoms with van der Waals surface area (Å²) in [5.41, 5.74) is 3.43. The third kappa shape index (κ3) is 2.22. The first-order valence-corrected chi connectivity index (χ1v) is 6.35. The Balaban J connectivity index is 1.97. The lowest BCUT2D eigenvalue weighted by Crippen LogP contribution is -2.02. The van der Waals surface area contributed by atoms with Crippen LogP contribution < -0.4 is 4.74 Å². The smallest absolute Gasteiger partial charge is 0.123 e. The molecule has 19 heavy (non-hydrogen) atoms. The van der Waals surface area contributed by atoms with Crippen molar-refractivity contribution < 1.29 is 14.2 Å². The second-order valence-electron chi connectivity index (χ2n) is 4.87. The van der Waals surface area contributed by atoms with Crippen LogP contribution in [0.25, 0.3) is 0 Å².